The van der Waals surface area contributed by atoms with Gasteiger partial charge in [-0.15, -0.1) is 0 Å². The summed E-state index contributed by atoms with van der Waals surface area (Å²) in [4.78, 5) is 11.9. The predicted octanol–water partition coefficient (Wildman–Crippen LogP) is 2.67. The number of ether oxygens (including phenoxy) is 2. The van der Waals surface area contributed by atoms with Gasteiger partial charge >= 0.3 is 5.97 Å². The lowest BCUT2D eigenvalue weighted by Gasteiger charge is -2.17. The van der Waals surface area contributed by atoms with Crippen molar-refractivity contribution < 1.29 is 14.3 Å². The number of carbonyl (C=O) groups excluding carboxylic acids is 1. The molecule has 1 aromatic rings. The third kappa shape index (κ3) is 4.45. The number of hydrogen-bond acceptors (Lipinski definition) is 5. The van der Waals surface area contributed by atoms with Crippen LogP contribution in [-0.2, 0) is 14.3 Å². The highest BCUT2D eigenvalue weighted by Crippen LogP contribution is 2.23. The Morgan fingerprint density at radius 2 is 2.04 bits per heavy atom. The van der Waals surface area contributed by atoms with Gasteiger partial charge in [0.05, 0.1) is 12.6 Å². The number of aryl methyl sites for hydroxylation is 1. The van der Waals surface area contributed by atoms with Crippen LogP contribution in [-0.4, -0.2) is 30.4 Å². The van der Waals surface area contributed by atoms with Gasteiger partial charge in [-0.1, -0.05) is 0 Å². The zero-order valence-corrected chi connectivity index (χ0v) is 14.1. The van der Waals surface area contributed by atoms with Crippen molar-refractivity contribution in [3.05, 3.63) is 28.6 Å². The fourth-order valence-electron chi connectivity index (χ4n) is 2.49. The van der Waals surface area contributed by atoms with E-state index in [0.717, 1.165) is 17.0 Å². The van der Waals surface area contributed by atoms with Gasteiger partial charge in [-0.2, -0.15) is 10.5 Å². The van der Waals surface area contributed by atoms with Crippen LogP contribution in [0, 0.1) is 36.5 Å². The average Bonchev–Trinajstić information content (AvgIpc) is 2.78. The van der Waals surface area contributed by atoms with Crippen molar-refractivity contribution in [3.63, 3.8) is 0 Å². The summed E-state index contributed by atoms with van der Waals surface area (Å²) in [6.07, 6.45) is 0.596. The summed E-state index contributed by atoms with van der Waals surface area (Å²) in [5.74, 6) is -0.795. The summed E-state index contributed by atoms with van der Waals surface area (Å²) in [5, 5.41) is 17.9. The van der Waals surface area contributed by atoms with Gasteiger partial charge in [0.2, 0.25) is 0 Å². The molecule has 2 atom stereocenters. The van der Waals surface area contributed by atoms with Gasteiger partial charge in [-0.25, -0.2) is 4.79 Å². The third-order valence-corrected chi connectivity index (χ3v) is 3.48. The van der Waals surface area contributed by atoms with Gasteiger partial charge in [0.15, 0.2) is 6.10 Å². The zero-order chi connectivity index (χ0) is 17.6. The molecule has 0 fully saturated rings. The Bertz CT molecular complexity index is 689. The molecule has 1 heterocycles. The third-order valence-electron chi connectivity index (χ3n) is 3.48. The van der Waals surface area contributed by atoms with Crippen molar-refractivity contribution in [2.45, 2.75) is 39.8 Å². The molecule has 0 aromatic carbocycles. The standard InChI is InChI=1S/C17H21N3O3/c1-11-6-15(14(4)20(11)12(2)10-22-5)7-16(9-19)17(21)23-13(3)8-18/h6-7,12-13H,10H2,1-5H3/b16-7+/t12-,13-/m0/s1. The first kappa shape index (κ1) is 18.5. The van der Waals surface area contributed by atoms with Gasteiger partial charge in [0, 0.05) is 18.5 Å². The molecule has 0 N–H and O–H groups in total. The van der Waals surface area contributed by atoms with Crippen molar-refractivity contribution in [1.29, 1.82) is 10.5 Å². The number of aromatic nitrogens is 1. The van der Waals surface area contributed by atoms with Crippen molar-refractivity contribution >= 4 is 12.0 Å². The fraction of sp³-hybridized carbons (Fsp3) is 0.471. The molecule has 0 radical (unpaired) electrons. The van der Waals surface area contributed by atoms with Crippen LogP contribution < -0.4 is 0 Å². The molecule has 0 aliphatic rings. The normalized spacial score (nSPS) is 13.8. The van der Waals surface area contributed by atoms with Crippen LogP contribution in [0.5, 0.6) is 0 Å². The zero-order valence-electron chi connectivity index (χ0n) is 14.1. The number of carbonyl (C=O) groups is 1. The maximum Gasteiger partial charge on any atom is 0.350 e. The van der Waals surface area contributed by atoms with E-state index in [1.54, 1.807) is 13.2 Å². The molecule has 0 aliphatic heterocycles. The quantitative estimate of drug-likeness (QED) is 0.457. The first-order chi connectivity index (χ1) is 10.8. The summed E-state index contributed by atoms with van der Waals surface area (Å²) in [5.41, 5.74) is 2.57. The number of methoxy groups -OCH3 is 1. The Balaban J connectivity index is 3.16. The number of esters is 1. The highest BCUT2D eigenvalue weighted by Gasteiger charge is 2.17. The van der Waals surface area contributed by atoms with Crippen LogP contribution in [0.1, 0.15) is 36.8 Å². The smallest absolute Gasteiger partial charge is 0.350 e. The van der Waals surface area contributed by atoms with Gasteiger partial charge < -0.3 is 14.0 Å². The molecule has 1 rings (SSSR count). The molecule has 122 valence electrons. The van der Waals surface area contributed by atoms with E-state index in [-0.39, 0.29) is 11.6 Å². The van der Waals surface area contributed by atoms with Crippen LogP contribution in [0.15, 0.2) is 11.6 Å². The van der Waals surface area contributed by atoms with E-state index in [1.807, 2.05) is 32.9 Å². The highest BCUT2D eigenvalue weighted by atomic mass is 16.5. The minimum Gasteiger partial charge on any atom is -0.443 e. The molecule has 0 spiro atoms. The molecule has 0 unspecified atom stereocenters. The number of nitrogens with zero attached hydrogens (tertiary/aromatic N) is 3. The number of nitriles is 2. The van der Waals surface area contributed by atoms with Crippen molar-refractivity contribution in [3.8, 4) is 12.1 Å². The molecule has 6 nitrogen and oxygen atoms in total. The Hall–Kier alpha value is -2.57. The SMILES string of the molecule is COC[C@H](C)n1c(C)cc(/C=C(\C#N)C(=O)O[C@@H](C)C#N)c1C. The summed E-state index contributed by atoms with van der Waals surface area (Å²) < 4.78 is 12.1. The molecular formula is C17H21N3O3. The molecule has 1 aromatic heterocycles. The molecule has 0 bridgehead atoms. The van der Waals surface area contributed by atoms with E-state index in [0.29, 0.717) is 6.61 Å². The summed E-state index contributed by atoms with van der Waals surface area (Å²) in [6, 6.07) is 5.67. The van der Waals surface area contributed by atoms with E-state index >= 15 is 0 Å². The number of hydrogen-bond donors (Lipinski definition) is 0. The first-order valence-electron chi connectivity index (χ1n) is 7.25. The van der Waals surface area contributed by atoms with Crippen molar-refractivity contribution in [2.75, 3.05) is 13.7 Å². The molecule has 0 amide bonds. The second-order valence-corrected chi connectivity index (χ2v) is 5.35. The Labute approximate surface area is 136 Å². The fourth-order valence-corrected chi connectivity index (χ4v) is 2.49. The molecule has 6 heteroatoms. The minimum absolute atomic E-state index is 0.133. The topological polar surface area (TPSA) is 88.0 Å². The largest absolute Gasteiger partial charge is 0.443 e. The maximum atomic E-state index is 11.9. The molecule has 0 saturated heterocycles. The maximum absolute atomic E-state index is 11.9. The monoisotopic (exact) mass is 315 g/mol. The molecule has 0 saturated carbocycles. The van der Waals surface area contributed by atoms with Crippen LogP contribution in [0.3, 0.4) is 0 Å². The van der Waals surface area contributed by atoms with E-state index in [9.17, 15) is 10.1 Å². The average molecular weight is 315 g/mol. The Morgan fingerprint density at radius 1 is 1.39 bits per heavy atom. The second-order valence-electron chi connectivity index (χ2n) is 5.35. The first-order valence-corrected chi connectivity index (χ1v) is 7.25. The van der Waals surface area contributed by atoms with E-state index in [4.69, 9.17) is 14.7 Å². The summed E-state index contributed by atoms with van der Waals surface area (Å²) >= 11 is 0. The van der Waals surface area contributed by atoms with Crippen LogP contribution in [0.2, 0.25) is 0 Å². The lowest BCUT2D eigenvalue weighted by Crippen LogP contribution is -2.14. The Kier molecular flexibility index (Phi) is 6.56. The van der Waals surface area contributed by atoms with Crippen molar-refractivity contribution in [1.82, 2.24) is 4.57 Å². The van der Waals surface area contributed by atoms with Crippen LogP contribution in [0.25, 0.3) is 6.08 Å². The summed E-state index contributed by atoms with van der Waals surface area (Å²) in [7, 11) is 1.64. The minimum atomic E-state index is -0.895. The van der Waals surface area contributed by atoms with Gasteiger partial charge in [0.25, 0.3) is 0 Å². The van der Waals surface area contributed by atoms with E-state index in [2.05, 4.69) is 4.57 Å². The van der Waals surface area contributed by atoms with Crippen LogP contribution in [0.4, 0.5) is 0 Å². The predicted molar refractivity (Wildman–Crippen MR) is 85.3 cm³/mol. The lowest BCUT2D eigenvalue weighted by atomic mass is 10.1. The van der Waals surface area contributed by atoms with Gasteiger partial charge in [-0.3, -0.25) is 0 Å². The molecule has 23 heavy (non-hydrogen) atoms. The van der Waals surface area contributed by atoms with Gasteiger partial charge in [0.1, 0.15) is 17.7 Å². The second kappa shape index (κ2) is 8.17. The molecular weight excluding hydrogens is 294 g/mol. The summed E-state index contributed by atoms with van der Waals surface area (Å²) in [6.45, 7) is 7.92. The van der Waals surface area contributed by atoms with E-state index in [1.165, 1.54) is 13.0 Å². The highest BCUT2D eigenvalue weighted by molar-refractivity contribution is 5.98. The van der Waals surface area contributed by atoms with E-state index < -0.39 is 12.1 Å². The van der Waals surface area contributed by atoms with Crippen LogP contribution >= 0.6 is 0 Å². The lowest BCUT2D eigenvalue weighted by molar-refractivity contribution is -0.140. The van der Waals surface area contributed by atoms with Crippen molar-refractivity contribution in [2.24, 2.45) is 0 Å². The molecule has 0 aliphatic carbocycles. The Morgan fingerprint density at radius 3 is 2.57 bits per heavy atom. The van der Waals surface area contributed by atoms with Gasteiger partial charge in [-0.05, 0) is 45.4 Å². The number of rotatable bonds is 6.